The normalized spacial score (nSPS) is 32.1. The van der Waals surface area contributed by atoms with Gasteiger partial charge in [-0.15, -0.1) is 0 Å². The van der Waals surface area contributed by atoms with Crippen LogP contribution in [-0.4, -0.2) is 29.8 Å². The molecule has 0 aromatic heterocycles. The molecule has 0 spiro atoms. The van der Waals surface area contributed by atoms with Crippen LogP contribution in [0.2, 0.25) is 5.02 Å². The molecule has 0 aliphatic carbocycles. The largest absolute Gasteiger partial charge is 0.489 e. The standard InChI is InChI=1S/C17H18ClNO2/c1-19-12-6-7-13(19)17-14(20)9-15(21-16(17)8-12)10-2-4-11(18)5-3-10/h2-5,12-13,15H,6-9H2,1H3/t12-,13?,15+/m1/s1. The first kappa shape index (κ1) is 13.4. The lowest BCUT2D eigenvalue weighted by Crippen LogP contribution is -2.42. The molecule has 3 aliphatic rings. The first-order valence-electron chi connectivity index (χ1n) is 7.54. The van der Waals surface area contributed by atoms with Crippen LogP contribution in [0.4, 0.5) is 0 Å². The number of ether oxygens (including phenoxy) is 1. The van der Waals surface area contributed by atoms with E-state index in [-0.39, 0.29) is 17.9 Å². The van der Waals surface area contributed by atoms with E-state index in [1.807, 2.05) is 24.3 Å². The van der Waals surface area contributed by atoms with Crippen LogP contribution in [0.25, 0.3) is 0 Å². The smallest absolute Gasteiger partial charge is 0.167 e. The Labute approximate surface area is 129 Å². The van der Waals surface area contributed by atoms with Crippen molar-refractivity contribution in [3.8, 4) is 0 Å². The molecule has 0 saturated carbocycles. The Balaban J connectivity index is 1.66. The fourth-order valence-electron chi connectivity index (χ4n) is 3.92. The molecule has 1 aromatic rings. The van der Waals surface area contributed by atoms with Gasteiger partial charge in [0.1, 0.15) is 11.9 Å². The highest BCUT2D eigenvalue weighted by molar-refractivity contribution is 6.30. The number of Topliss-reactive ketones (excluding diaryl/α,β-unsaturated/α-hetero) is 1. The Morgan fingerprint density at radius 1 is 1.19 bits per heavy atom. The summed E-state index contributed by atoms with van der Waals surface area (Å²) < 4.78 is 6.20. The third-order valence-corrected chi connectivity index (χ3v) is 5.35. The Morgan fingerprint density at radius 3 is 2.71 bits per heavy atom. The maximum absolute atomic E-state index is 12.6. The lowest BCUT2D eigenvalue weighted by atomic mass is 9.89. The van der Waals surface area contributed by atoms with E-state index in [1.54, 1.807) is 0 Å². The van der Waals surface area contributed by atoms with E-state index < -0.39 is 0 Å². The fraction of sp³-hybridized carbons (Fsp3) is 0.471. The monoisotopic (exact) mass is 303 g/mol. The molecule has 1 aromatic carbocycles. The van der Waals surface area contributed by atoms with E-state index in [0.717, 1.165) is 36.2 Å². The van der Waals surface area contributed by atoms with Gasteiger partial charge >= 0.3 is 0 Å². The van der Waals surface area contributed by atoms with Gasteiger partial charge in [-0.25, -0.2) is 0 Å². The molecule has 0 N–H and O–H groups in total. The minimum atomic E-state index is -0.156. The third-order valence-electron chi connectivity index (χ3n) is 5.09. The van der Waals surface area contributed by atoms with Crippen molar-refractivity contribution >= 4 is 17.4 Å². The van der Waals surface area contributed by atoms with Crippen molar-refractivity contribution in [3.05, 3.63) is 46.2 Å². The lowest BCUT2D eigenvalue weighted by molar-refractivity contribution is -0.121. The number of benzene rings is 1. The minimum absolute atomic E-state index is 0.156. The summed E-state index contributed by atoms with van der Waals surface area (Å²) in [6.07, 6.45) is 3.40. The summed E-state index contributed by atoms with van der Waals surface area (Å²) in [4.78, 5) is 15.0. The van der Waals surface area contributed by atoms with Crippen molar-refractivity contribution in [3.63, 3.8) is 0 Å². The number of halogens is 1. The highest BCUT2D eigenvalue weighted by atomic mass is 35.5. The van der Waals surface area contributed by atoms with Gasteiger partial charge in [-0.05, 0) is 37.6 Å². The molecule has 3 atom stereocenters. The van der Waals surface area contributed by atoms with E-state index in [4.69, 9.17) is 16.3 Å². The van der Waals surface area contributed by atoms with Gasteiger partial charge in [-0.2, -0.15) is 0 Å². The molecule has 4 rings (SSSR count). The number of fused-ring (bicyclic) bond motifs is 3. The zero-order valence-corrected chi connectivity index (χ0v) is 12.8. The first-order valence-corrected chi connectivity index (χ1v) is 7.91. The van der Waals surface area contributed by atoms with E-state index in [2.05, 4.69) is 11.9 Å². The molecule has 3 heterocycles. The number of rotatable bonds is 1. The molecule has 1 saturated heterocycles. The summed E-state index contributed by atoms with van der Waals surface area (Å²) in [6, 6.07) is 8.42. The molecule has 21 heavy (non-hydrogen) atoms. The van der Waals surface area contributed by atoms with Gasteiger partial charge in [0.2, 0.25) is 0 Å². The second kappa shape index (κ2) is 4.85. The van der Waals surface area contributed by atoms with Crippen molar-refractivity contribution in [1.82, 2.24) is 4.90 Å². The lowest BCUT2D eigenvalue weighted by Gasteiger charge is -2.38. The van der Waals surface area contributed by atoms with Gasteiger partial charge in [-0.1, -0.05) is 23.7 Å². The Kier molecular flexibility index (Phi) is 3.09. The van der Waals surface area contributed by atoms with Crippen LogP contribution < -0.4 is 0 Å². The molecular formula is C17H18ClNO2. The first-order chi connectivity index (χ1) is 10.1. The highest BCUT2D eigenvalue weighted by Crippen LogP contribution is 2.44. The minimum Gasteiger partial charge on any atom is -0.489 e. The van der Waals surface area contributed by atoms with Crippen LogP contribution >= 0.6 is 11.6 Å². The third kappa shape index (κ3) is 2.11. The van der Waals surface area contributed by atoms with Crippen LogP contribution in [0.3, 0.4) is 0 Å². The quantitative estimate of drug-likeness (QED) is 0.795. The molecule has 2 bridgehead atoms. The van der Waals surface area contributed by atoms with E-state index >= 15 is 0 Å². The molecule has 3 aliphatic heterocycles. The summed E-state index contributed by atoms with van der Waals surface area (Å²) in [5.41, 5.74) is 1.97. The highest BCUT2D eigenvalue weighted by Gasteiger charge is 2.45. The number of nitrogens with zero attached hydrogens (tertiary/aromatic N) is 1. The zero-order valence-electron chi connectivity index (χ0n) is 12.0. The van der Waals surface area contributed by atoms with Crippen molar-refractivity contribution in [1.29, 1.82) is 0 Å². The molecule has 0 radical (unpaired) electrons. The number of carbonyl (C=O) groups is 1. The van der Waals surface area contributed by atoms with Gasteiger partial charge in [-0.3, -0.25) is 9.69 Å². The van der Waals surface area contributed by atoms with E-state index in [0.29, 0.717) is 17.5 Å². The molecule has 110 valence electrons. The number of carbonyl (C=O) groups excluding carboxylic acids is 1. The van der Waals surface area contributed by atoms with Crippen molar-refractivity contribution in [2.75, 3.05) is 7.05 Å². The predicted molar refractivity (Wildman–Crippen MR) is 81.1 cm³/mol. The Morgan fingerprint density at radius 2 is 1.95 bits per heavy atom. The molecule has 1 fully saturated rings. The molecule has 4 heteroatoms. The molecular weight excluding hydrogens is 286 g/mol. The predicted octanol–water partition coefficient (Wildman–Crippen LogP) is 3.49. The molecule has 0 amide bonds. The van der Waals surface area contributed by atoms with Crippen LogP contribution in [-0.2, 0) is 9.53 Å². The van der Waals surface area contributed by atoms with Gasteiger partial charge in [0, 0.05) is 23.5 Å². The zero-order chi connectivity index (χ0) is 14.6. The number of likely N-dealkylation sites (N-methyl/N-ethyl adjacent to an activating group) is 1. The summed E-state index contributed by atoms with van der Waals surface area (Å²) in [6.45, 7) is 0. The van der Waals surface area contributed by atoms with Crippen molar-refractivity contribution in [2.24, 2.45) is 0 Å². The molecule has 3 nitrogen and oxygen atoms in total. The summed E-state index contributed by atoms with van der Waals surface area (Å²) >= 11 is 5.93. The van der Waals surface area contributed by atoms with Crippen LogP contribution in [0.5, 0.6) is 0 Å². The average Bonchev–Trinajstić information content (AvgIpc) is 2.71. The molecule has 1 unspecified atom stereocenters. The van der Waals surface area contributed by atoms with Gasteiger partial charge in [0.15, 0.2) is 5.78 Å². The number of hydrogen-bond donors (Lipinski definition) is 0. The summed E-state index contributed by atoms with van der Waals surface area (Å²) in [5.74, 6) is 1.20. The SMILES string of the molecule is CN1C2CC[C@@H]1CC1=C2C(=O)C[C@@H](c2ccc(Cl)cc2)O1. The Hall–Kier alpha value is -1.32. The fourth-order valence-corrected chi connectivity index (χ4v) is 4.05. The van der Waals surface area contributed by atoms with E-state index in [1.165, 1.54) is 0 Å². The summed E-state index contributed by atoms with van der Waals surface area (Å²) in [5, 5.41) is 0.707. The van der Waals surface area contributed by atoms with Gasteiger partial charge in [0.25, 0.3) is 0 Å². The van der Waals surface area contributed by atoms with E-state index in [9.17, 15) is 4.79 Å². The van der Waals surface area contributed by atoms with Gasteiger partial charge < -0.3 is 4.74 Å². The number of ketones is 1. The Bertz CT molecular complexity index is 622. The van der Waals surface area contributed by atoms with Crippen LogP contribution in [0, 0.1) is 0 Å². The van der Waals surface area contributed by atoms with Gasteiger partial charge in [0.05, 0.1) is 12.0 Å². The van der Waals surface area contributed by atoms with Crippen LogP contribution in [0.1, 0.15) is 37.4 Å². The van der Waals surface area contributed by atoms with Crippen LogP contribution in [0.15, 0.2) is 35.6 Å². The second-order valence-corrected chi connectivity index (χ2v) is 6.68. The second-order valence-electron chi connectivity index (χ2n) is 6.24. The topological polar surface area (TPSA) is 29.5 Å². The summed E-state index contributed by atoms with van der Waals surface area (Å²) in [7, 11) is 2.13. The van der Waals surface area contributed by atoms with Crippen molar-refractivity contribution in [2.45, 2.75) is 43.9 Å². The maximum Gasteiger partial charge on any atom is 0.167 e. The average molecular weight is 304 g/mol. The maximum atomic E-state index is 12.6. The number of hydrogen-bond acceptors (Lipinski definition) is 3. The van der Waals surface area contributed by atoms with Crippen molar-refractivity contribution < 1.29 is 9.53 Å².